The van der Waals surface area contributed by atoms with E-state index in [-0.39, 0.29) is 0 Å². The fourth-order valence-electron chi connectivity index (χ4n) is 13.0. The summed E-state index contributed by atoms with van der Waals surface area (Å²) in [5.74, 6) is 6.24. The minimum Gasteiger partial charge on any atom is -0.492 e. The highest BCUT2D eigenvalue weighted by Crippen LogP contribution is 2.54. The van der Waals surface area contributed by atoms with Gasteiger partial charge in [-0.3, -0.25) is 4.23 Å². The molecule has 13 rings (SSSR count). The second-order valence-corrected chi connectivity index (χ2v) is 26.2. The second kappa shape index (κ2) is 25.8. The molecule has 0 aliphatic carbocycles. The number of hydrogen-bond donors (Lipinski definition) is 2. The molecule has 5 heterocycles. The number of aromatic nitrogens is 1. The smallest absolute Gasteiger partial charge is 0.492 e. The molecule has 0 spiro atoms. The molecule has 454 valence electrons. The van der Waals surface area contributed by atoms with Gasteiger partial charge in [0.15, 0.2) is 5.84 Å². The first-order chi connectivity index (χ1) is 43.4. The zero-order valence-electron chi connectivity index (χ0n) is 52.0. The largest absolute Gasteiger partial charge is 0.597 e. The summed E-state index contributed by atoms with van der Waals surface area (Å²) in [7, 11) is -4.36. The minimum absolute atomic E-state index is 0.394. The van der Waals surface area contributed by atoms with E-state index in [4.69, 9.17) is 47.8 Å². The molecule has 15 heteroatoms. The predicted molar refractivity (Wildman–Crippen MR) is 362 cm³/mol. The molecule has 88 heavy (non-hydrogen) atoms. The van der Waals surface area contributed by atoms with Crippen LogP contribution in [0.2, 0.25) is 0 Å². The molecule has 14 nitrogen and oxygen atoms in total. The Bertz CT molecular complexity index is 4200. The molecule has 0 saturated carbocycles. The van der Waals surface area contributed by atoms with Gasteiger partial charge in [-0.15, -0.1) is 0 Å². The van der Waals surface area contributed by atoms with E-state index in [2.05, 4.69) is 189 Å². The summed E-state index contributed by atoms with van der Waals surface area (Å²) < 4.78 is 49.2. The van der Waals surface area contributed by atoms with E-state index in [9.17, 15) is 0 Å². The first-order valence-electron chi connectivity index (χ1n) is 32.5. The molecule has 2 bridgehead atoms. The van der Waals surface area contributed by atoms with Crippen LogP contribution in [-0.4, -0.2) is 81.5 Å². The third-order valence-corrected chi connectivity index (χ3v) is 20.7. The van der Waals surface area contributed by atoms with E-state index in [1.807, 2.05) is 0 Å². The quantitative estimate of drug-likeness (QED) is 0.0308. The highest BCUT2D eigenvalue weighted by Gasteiger charge is 2.58. The van der Waals surface area contributed by atoms with Gasteiger partial charge in [0.1, 0.15) is 58.6 Å². The Labute approximate surface area is 518 Å². The molecular formula is C73H82N8O6Si. The zero-order valence-corrected chi connectivity index (χ0v) is 53.0. The molecule has 8 aromatic carbocycles. The molecular weight excluding hydrogens is 1110 g/mol. The number of unbranched alkanes of at least 4 members (excludes halogenated alkanes) is 6. The van der Waals surface area contributed by atoms with E-state index in [0.717, 1.165) is 193 Å². The molecule has 0 saturated heterocycles. The van der Waals surface area contributed by atoms with Gasteiger partial charge in [-0.2, -0.15) is 0 Å². The third-order valence-electron chi connectivity index (χ3n) is 17.5. The zero-order chi connectivity index (χ0) is 60.3. The van der Waals surface area contributed by atoms with Gasteiger partial charge in [0.2, 0.25) is 0 Å². The van der Waals surface area contributed by atoms with E-state index in [1.54, 1.807) is 0 Å². The lowest BCUT2D eigenvalue weighted by atomic mass is 9.98. The lowest BCUT2D eigenvalue weighted by molar-refractivity contribution is 0.118. The number of hydrogen-bond acceptors (Lipinski definition) is 13. The number of aliphatic imine (C=N–C) groups is 4. The maximum Gasteiger partial charge on any atom is 0.597 e. The van der Waals surface area contributed by atoms with Crippen molar-refractivity contribution in [1.29, 1.82) is 0 Å². The average Bonchev–Trinajstić information content (AvgIpc) is 1.58. The first kappa shape index (κ1) is 58.8. The molecule has 0 amide bonds. The summed E-state index contributed by atoms with van der Waals surface area (Å²) in [6, 6.07) is 43.2. The predicted octanol–water partition coefficient (Wildman–Crippen LogP) is 17.4. The van der Waals surface area contributed by atoms with Crippen molar-refractivity contribution in [3.05, 3.63) is 155 Å². The van der Waals surface area contributed by atoms with Crippen LogP contribution in [0.15, 0.2) is 141 Å². The fraction of sp³-hybridized carbons (Fsp3) is 0.370. The van der Waals surface area contributed by atoms with Gasteiger partial charge >= 0.3 is 8.88 Å². The van der Waals surface area contributed by atoms with Crippen LogP contribution >= 0.6 is 0 Å². The van der Waals surface area contributed by atoms with Gasteiger partial charge in [-0.1, -0.05) is 177 Å². The second-order valence-electron chi connectivity index (χ2n) is 23.6. The number of ether oxygens (including phenoxy) is 4. The SMILES string of the molecule is C=NC1=NC(Nc2c3c(OCCCC)c4ccccc4cc3c3n2[Si](OCCCC)(OCCCC)N2Cc4cc5ccccc5c(OCCCC)c4/C2=N/C2N/C(=N\3)c3c2cc2ccccc2c3OCCCC)c2cc3ccccc3c(OCCCC)c21. The van der Waals surface area contributed by atoms with Gasteiger partial charge in [-0.05, 0) is 96.6 Å². The summed E-state index contributed by atoms with van der Waals surface area (Å²) in [6.07, 6.45) is 9.45. The Hall–Kier alpha value is -8.24. The Morgan fingerprint density at radius 2 is 1.00 bits per heavy atom. The number of nitrogens with zero attached hydrogens (tertiary/aromatic N) is 6. The third kappa shape index (κ3) is 10.4. The van der Waals surface area contributed by atoms with Crippen molar-refractivity contribution in [2.75, 3.05) is 45.0 Å². The fourth-order valence-corrected chi connectivity index (χ4v) is 16.4. The Morgan fingerprint density at radius 3 is 1.55 bits per heavy atom. The highest BCUT2D eigenvalue weighted by atomic mass is 28.4. The van der Waals surface area contributed by atoms with Crippen molar-refractivity contribution in [1.82, 2.24) is 14.1 Å². The molecule has 0 fully saturated rings. The number of benzene rings is 8. The molecule has 1 aromatic heterocycles. The van der Waals surface area contributed by atoms with Crippen LogP contribution < -0.4 is 29.6 Å². The van der Waals surface area contributed by atoms with Crippen molar-refractivity contribution >= 4 is 98.6 Å². The van der Waals surface area contributed by atoms with Crippen LogP contribution in [0.25, 0.3) is 53.9 Å². The number of rotatable bonds is 26. The standard InChI is InChI=1S/C73H82N8O6Si/c1-8-14-36-82-63-52-32-24-20-28-47(52)42-51-46-80-72(59(51)63)77-68-57-44-49-30-22-26-34-54(49)65(84-38-16-10-3)61(57)70(76-68)79-71-58-45-50-31-23-27-35-55(50)66(85-39-17-11-4)62(58)73(81(71)88(80,86-40-18-12-5)87-41-19-13-6)78-67-56-43-48-29-21-25-33-53(48)64(83-37-15-9-2)60(56)69(74-7)75-67/h20-35,42-45,67-68,78H,7-19,36-41,46H2,1-6H3,(H,76,79)/b77-72-. The summed E-state index contributed by atoms with van der Waals surface area (Å²) in [5.41, 5.74) is 5.56. The minimum atomic E-state index is -4.36. The van der Waals surface area contributed by atoms with Crippen LogP contribution in [-0.2, 0) is 15.4 Å². The maximum atomic E-state index is 8.04. The molecule has 9 aromatic rings. The Balaban J connectivity index is 1.20. The highest BCUT2D eigenvalue weighted by molar-refractivity contribution is 6.68. The maximum absolute atomic E-state index is 8.04. The molecule has 4 aliphatic heterocycles. The molecule has 0 radical (unpaired) electrons. The average molecular weight is 1200 g/mol. The summed E-state index contributed by atoms with van der Waals surface area (Å²) in [4.78, 5) is 22.5. The van der Waals surface area contributed by atoms with Crippen molar-refractivity contribution in [2.45, 2.75) is 137 Å². The van der Waals surface area contributed by atoms with Crippen LogP contribution in [0.3, 0.4) is 0 Å². The first-order valence-corrected chi connectivity index (χ1v) is 34.2. The lowest BCUT2D eigenvalue weighted by Crippen LogP contribution is -2.65. The van der Waals surface area contributed by atoms with E-state index >= 15 is 0 Å². The molecule has 2 N–H and O–H groups in total. The Kier molecular flexibility index (Phi) is 17.3. The normalized spacial score (nSPS) is 17.4. The Morgan fingerprint density at radius 1 is 0.534 bits per heavy atom. The van der Waals surface area contributed by atoms with Gasteiger partial charge < -0.3 is 43.0 Å². The van der Waals surface area contributed by atoms with Crippen LogP contribution in [0.5, 0.6) is 23.0 Å². The van der Waals surface area contributed by atoms with Gasteiger partial charge in [0.25, 0.3) is 0 Å². The molecule has 2 atom stereocenters. The van der Waals surface area contributed by atoms with Crippen LogP contribution in [0, 0.1) is 0 Å². The van der Waals surface area contributed by atoms with Gasteiger partial charge in [-0.25, -0.2) is 20.0 Å². The molecule has 2 unspecified atom stereocenters. The van der Waals surface area contributed by atoms with Crippen molar-refractivity contribution in [3.63, 3.8) is 0 Å². The van der Waals surface area contributed by atoms with Crippen molar-refractivity contribution in [2.24, 2.45) is 20.0 Å². The van der Waals surface area contributed by atoms with E-state index in [0.29, 0.717) is 69.5 Å². The van der Waals surface area contributed by atoms with Crippen molar-refractivity contribution < 1.29 is 27.8 Å². The monoisotopic (exact) mass is 1190 g/mol. The van der Waals surface area contributed by atoms with E-state index < -0.39 is 21.2 Å². The summed E-state index contributed by atoms with van der Waals surface area (Å²) >= 11 is 0. The lowest BCUT2D eigenvalue weighted by Gasteiger charge is -2.40. The van der Waals surface area contributed by atoms with E-state index in [1.165, 1.54) is 0 Å². The van der Waals surface area contributed by atoms with Crippen molar-refractivity contribution in [3.8, 4) is 23.0 Å². The number of nitrogens with one attached hydrogen (secondary N) is 2. The molecule has 4 aliphatic rings. The van der Waals surface area contributed by atoms with Crippen LogP contribution in [0.1, 0.15) is 164 Å². The number of amidine groups is 3. The van der Waals surface area contributed by atoms with Crippen LogP contribution in [0.4, 0.5) is 11.6 Å². The van der Waals surface area contributed by atoms with Gasteiger partial charge in [0.05, 0.1) is 48.5 Å². The number of fused-ring (bicyclic) bond motifs is 16. The summed E-state index contributed by atoms with van der Waals surface area (Å²) in [5, 5.41) is 18.1. The number of anilines is 1. The van der Waals surface area contributed by atoms with Gasteiger partial charge in [0, 0.05) is 57.8 Å². The summed E-state index contributed by atoms with van der Waals surface area (Å²) in [6.45, 7) is 20.7. The topological polar surface area (TPSA) is 137 Å².